The van der Waals surface area contributed by atoms with Crippen molar-refractivity contribution in [2.24, 2.45) is 57.2 Å². The number of esters is 3. The van der Waals surface area contributed by atoms with E-state index in [0.717, 1.165) is 37.5 Å². The van der Waals surface area contributed by atoms with Crippen LogP contribution in [0.25, 0.3) is 0 Å². The Labute approximate surface area is 234 Å². The Balaban J connectivity index is 1.27. The molecule has 218 valence electrons. The highest BCUT2D eigenvalue weighted by molar-refractivity contribution is 5.88. The molecule has 0 amide bonds. The SMILES string of the molecule is CCC1(C)CC1(C(=O)OC1CCOC1=O)C(C)C1(C)CC1(CC(C)C)C(=O)OC1(C)C2CC3CC(C2)CC1C3. The highest BCUT2D eigenvalue weighted by atomic mass is 16.6. The van der Waals surface area contributed by atoms with Gasteiger partial charge in [0.25, 0.3) is 0 Å². The van der Waals surface area contributed by atoms with Crippen LogP contribution in [0.4, 0.5) is 0 Å². The van der Waals surface area contributed by atoms with Crippen LogP contribution in [-0.4, -0.2) is 36.2 Å². The third-order valence-electron chi connectivity index (χ3n) is 13.5. The van der Waals surface area contributed by atoms with E-state index in [9.17, 15) is 14.4 Å². The number of carbonyl (C=O) groups is 3. The molecule has 6 aliphatic carbocycles. The fourth-order valence-corrected chi connectivity index (χ4v) is 10.7. The van der Waals surface area contributed by atoms with Crippen molar-refractivity contribution >= 4 is 17.9 Å². The largest absolute Gasteiger partial charge is 0.463 e. The molecule has 0 N–H and O–H groups in total. The number of hydrogen-bond donors (Lipinski definition) is 0. The molecule has 39 heavy (non-hydrogen) atoms. The van der Waals surface area contributed by atoms with Crippen molar-refractivity contribution in [1.82, 2.24) is 0 Å². The second kappa shape index (κ2) is 8.71. The predicted molar refractivity (Wildman–Crippen MR) is 146 cm³/mol. The van der Waals surface area contributed by atoms with Gasteiger partial charge in [-0.1, -0.05) is 41.5 Å². The maximum Gasteiger partial charge on any atom is 0.347 e. The number of rotatable bonds is 9. The number of cyclic esters (lactones) is 1. The Kier molecular flexibility index (Phi) is 6.16. The normalized spacial score (nSPS) is 50.1. The molecular weight excluding hydrogens is 492 g/mol. The fraction of sp³-hybridized carbons (Fsp3) is 0.909. The predicted octanol–water partition coefficient (Wildman–Crippen LogP) is 6.49. The maximum atomic E-state index is 14.5. The van der Waals surface area contributed by atoms with E-state index in [4.69, 9.17) is 14.2 Å². The smallest absolute Gasteiger partial charge is 0.347 e. The Morgan fingerprint density at radius 3 is 2.05 bits per heavy atom. The van der Waals surface area contributed by atoms with Gasteiger partial charge in [-0.05, 0) is 111 Å². The van der Waals surface area contributed by atoms with E-state index in [2.05, 4.69) is 48.5 Å². The van der Waals surface area contributed by atoms with E-state index in [1.165, 1.54) is 32.1 Å². The summed E-state index contributed by atoms with van der Waals surface area (Å²) in [6, 6.07) is 0. The Bertz CT molecular complexity index is 1040. The minimum atomic E-state index is -0.808. The van der Waals surface area contributed by atoms with E-state index in [-0.39, 0.29) is 34.3 Å². The molecule has 6 heteroatoms. The van der Waals surface area contributed by atoms with Crippen molar-refractivity contribution < 1.29 is 28.6 Å². The second-order valence-corrected chi connectivity index (χ2v) is 15.8. The molecule has 1 heterocycles. The van der Waals surface area contributed by atoms with Crippen molar-refractivity contribution in [3.05, 3.63) is 0 Å². The van der Waals surface area contributed by atoms with Crippen molar-refractivity contribution in [2.75, 3.05) is 6.61 Å². The monoisotopic (exact) mass is 542 g/mol. The number of ether oxygens (including phenoxy) is 3. The molecule has 0 aromatic carbocycles. The summed E-state index contributed by atoms with van der Waals surface area (Å²) in [5.74, 6) is 2.12. The van der Waals surface area contributed by atoms with Gasteiger partial charge in [0.2, 0.25) is 6.10 Å². The van der Waals surface area contributed by atoms with Crippen LogP contribution in [0, 0.1) is 57.2 Å². The van der Waals surface area contributed by atoms with Crippen LogP contribution >= 0.6 is 0 Å². The molecule has 7 fully saturated rings. The summed E-state index contributed by atoms with van der Waals surface area (Å²) in [4.78, 5) is 40.5. The molecule has 6 atom stereocenters. The van der Waals surface area contributed by atoms with Crippen LogP contribution in [-0.2, 0) is 28.6 Å². The Hall–Kier alpha value is -1.59. The first-order valence-corrected chi connectivity index (χ1v) is 15.9. The van der Waals surface area contributed by atoms with Gasteiger partial charge < -0.3 is 14.2 Å². The van der Waals surface area contributed by atoms with Gasteiger partial charge in [-0.2, -0.15) is 0 Å². The van der Waals surface area contributed by atoms with Crippen LogP contribution in [0.2, 0.25) is 0 Å². The molecule has 0 aromatic heterocycles. The van der Waals surface area contributed by atoms with E-state index in [1.54, 1.807) is 0 Å². The summed E-state index contributed by atoms with van der Waals surface area (Å²) >= 11 is 0. The van der Waals surface area contributed by atoms with Gasteiger partial charge in [-0.3, -0.25) is 9.59 Å². The molecule has 7 aliphatic rings. The second-order valence-electron chi connectivity index (χ2n) is 15.8. The van der Waals surface area contributed by atoms with Gasteiger partial charge in [-0.25, -0.2) is 4.79 Å². The average molecular weight is 543 g/mol. The molecule has 6 unspecified atom stereocenters. The van der Waals surface area contributed by atoms with Crippen molar-refractivity contribution in [2.45, 2.75) is 124 Å². The first-order chi connectivity index (χ1) is 18.2. The molecule has 4 bridgehead atoms. The molecule has 6 nitrogen and oxygen atoms in total. The van der Waals surface area contributed by atoms with Gasteiger partial charge in [0, 0.05) is 6.42 Å². The van der Waals surface area contributed by atoms with E-state index < -0.39 is 22.9 Å². The zero-order chi connectivity index (χ0) is 28.2. The number of hydrogen-bond acceptors (Lipinski definition) is 6. The zero-order valence-electron chi connectivity index (χ0n) is 25.3. The van der Waals surface area contributed by atoms with E-state index in [1.807, 2.05) is 0 Å². The molecule has 0 radical (unpaired) electrons. The number of carbonyl (C=O) groups excluding carboxylic acids is 3. The lowest BCUT2D eigenvalue weighted by molar-refractivity contribution is -0.211. The van der Waals surface area contributed by atoms with Gasteiger partial charge in [0.05, 0.1) is 17.4 Å². The summed E-state index contributed by atoms with van der Waals surface area (Å²) in [5.41, 5.74) is -2.23. The topological polar surface area (TPSA) is 78.9 Å². The Morgan fingerprint density at radius 2 is 1.56 bits per heavy atom. The van der Waals surface area contributed by atoms with Crippen LogP contribution in [0.15, 0.2) is 0 Å². The van der Waals surface area contributed by atoms with Crippen LogP contribution in [0.1, 0.15) is 113 Å². The molecular formula is C33H50O6. The average Bonchev–Trinajstić information content (AvgIpc) is 3.63. The van der Waals surface area contributed by atoms with Gasteiger partial charge >= 0.3 is 17.9 Å². The third kappa shape index (κ3) is 3.74. The minimum Gasteiger partial charge on any atom is -0.463 e. The van der Waals surface area contributed by atoms with Crippen molar-refractivity contribution in [1.29, 1.82) is 0 Å². The van der Waals surface area contributed by atoms with E-state index >= 15 is 0 Å². The lowest BCUT2D eigenvalue weighted by Gasteiger charge is -2.59. The Morgan fingerprint density at radius 1 is 0.949 bits per heavy atom. The third-order valence-corrected chi connectivity index (χ3v) is 13.5. The van der Waals surface area contributed by atoms with Gasteiger partial charge in [0.15, 0.2) is 0 Å². The summed E-state index contributed by atoms with van der Waals surface area (Å²) in [7, 11) is 0. The van der Waals surface area contributed by atoms with Crippen LogP contribution in [0.5, 0.6) is 0 Å². The molecule has 0 aromatic rings. The lowest BCUT2D eigenvalue weighted by atomic mass is 9.50. The first-order valence-electron chi connectivity index (χ1n) is 15.9. The highest BCUT2D eigenvalue weighted by Crippen LogP contribution is 2.81. The van der Waals surface area contributed by atoms with Crippen molar-refractivity contribution in [3.8, 4) is 0 Å². The molecule has 1 saturated heterocycles. The maximum absolute atomic E-state index is 14.5. The fourth-order valence-electron chi connectivity index (χ4n) is 10.7. The minimum absolute atomic E-state index is 0.0257. The lowest BCUT2D eigenvalue weighted by Crippen LogP contribution is -2.58. The quantitative estimate of drug-likeness (QED) is 0.245. The van der Waals surface area contributed by atoms with Gasteiger partial charge in [-0.15, -0.1) is 0 Å². The molecule has 0 spiro atoms. The molecule has 7 rings (SSSR count). The molecule has 6 saturated carbocycles. The zero-order valence-corrected chi connectivity index (χ0v) is 25.3. The standard InChI is InChI=1S/C33H50O6/c1-8-29(5)17-33(29,28(36)38-25-9-10-37-26(25)34)20(4)30(6)18-32(30,16-19(2)3)27(35)39-31(7)23-12-21-11-22(14-23)15-24(31)13-21/h19-25H,8-18H2,1-7H3. The van der Waals surface area contributed by atoms with Crippen LogP contribution < -0.4 is 0 Å². The van der Waals surface area contributed by atoms with Crippen LogP contribution in [0.3, 0.4) is 0 Å². The molecule has 1 aliphatic heterocycles. The van der Waals surface area contributed by atoms with Gasteiger partial charge in [0.1, 0.15) is 5.60 Å². The van der Waals surface area contributed by atoms with E-state index in [0.29, 0.717) is 30.8 Å². The summed E-state index contributed by atoms with van der Waals surface area (Å²) < 4.78 is 17.7. The highest BCUT2D eigenvalue weighted by Gasteiger charge is 2.82. The summed E-state index contributed by atoms with van der Waals surface area (Å²) in [5, 5.41) is 0. The summed E-state index contributed by atoms with van der Waals surface area (Å²) in [6.45, 7) is 15.6. The summed E-state index contributed by atoms with van der Waals surface area (Å²) in [6.07, 6.45) is 8.89. The van der Waals surface area contributed by atoms with Crippen molar-refractivity contribution in [3.63, 3.8) is 0 Å². The first kappa shape index (κ1) is 27.6.